The van der Waals surface area contributed by atoms with Crippen molar-refractivity contribution >= 4 is 17.3 Å². The number of ether oxygens (including phenoxy) is 1. The van der Waals surface area contributed by atoms with E-state index in [4.69, 9.17) is 0 Å². The Morgan fingerprint density at radius 3 is 2.54 bits per heavy atom. The van der Waals surface area contributed by atoms with Crippen LogP contribution in [0.15, 0.2) is 36.5 Å². The lowest BCUT2D eigenvalue weighted by molar-refractivity contribution is -0.154. The Bertz CT molecular complexity index is 819. The first-order valence-electron chi connectivity index (χ1n) is 8.83. The van der Waals surface area contributed by atoms with Gasteiger partial charge in [0, 0.05) is 25.4 Å². The predicted molar refractivity (Wildman–Crippen MR) is 96.2 cm³/mol. The van der Waals surface area contributed by atoms with Crippen molar-refractivity contribution < 1.29 is 27.1 Å². The Balaban J connectivity index is 1.71. The van der Waals surface area contributed by atoms with E-state index in [0.717, 1.165) is 44.2 Å². The molecule has 0 saturated carbocycles. The lowest BCUT2D eigenvalue weighted by Gasteiger charge is -2.30. The zero-order valence-electron chi connectivity index (χ0n) is 14.9. The summed E-state index contributed by atoms with van der Waals surface area (Å²) < 4.78 is 54.7. The molecule has 1 aromatic carbocycles. The van der Waals surface area contributed by atoms with Crippen LogP contribution in [0, 0.1) is 5.82 Å². The van der Waals surface area contributed by atoms with Gasteiger partial charge in [0.25, 0.3) is 5.91 Å². The van der Waals surface area contributed by atoms with Gasteiger partial charge in [-0.1, -0.05) is 0 Å². The third-order valence-corrected chi connectivity index (χ3v) is 4.29. The van der Waals surface area contributed by atoms with Crippen LogP contribution < -0.4 is 15.0 Å². The molecule has 0 bridgehead atoms. The summed E-state index contributed by atoms with van der Waals surface area (Å²) in [5.74, 6) is -1.27. The Morgan fingerprint density at radius 1 is 1.14 bits per heavy atom. The molecular weight excluding hydrogens is 378 g/mol. The van der Waals surface area contributed by atoms with Crippen molar-refractivity contribution in [2.24, 2.45) is 0 Å². The fraction of sp³-hybridized carbons (Fsp3) is 0.368. The number of hydrogen-bond acceptors (Lipinski definition) is 4. The van der Waals surface area contributed by atoms with Crippen molar-refractivity contribution in [3.8, 4) is 5.88 Å². The molecule has 1 aliphatic heterocycles. The Morgan fingerprint density at radius 2 is 1.89 bits per heavy atom. The number of amides is 1. The first-order chi connectivity index (χ1) is 13.3. The summed E-state index contributed by atoms with van der Waals surface area (Å²) in [6, 6.07) is 6.69. The van der Waals surface area contributed by atoms with Crippen LogP contribution in [-0.2, 0) is 0 Å². The van der Waals surface area contributed by atoms with Gasteiger partial charge >= 0.3 is 6.18 Å². The molecule has 3 rings (SSSR count). The molecule has 1 aromatic heterocycles. The number of pyridine rings is 1. The molecule has 1 saturated heterocycles. The van der Waals surface area contributed by atoms with E-state index in [0.29, 0.717) is 5.69 Å². The summed E-state index contributed by atoms with van der Waals surface area (Å²) >= 11 is 0. The van der Waals surface area contributed by atoms with E-state index in [9.17, 15) is 22.4 Å². The van der Waals surface area contributed by atoms with E-state index < -0.39 is 24.5 Å². The quantitative estimate of drug-likeness (QED) is 0.760. The molecule has 9 heteroatoms. The number of halogens is 4. The highest BCUT2D eigenvalue weighted by molar-refractivity contribution is 6.05. The van der Waals surface area contributed by atoms with Gasteiger partial charge in [0.05, 0.1) is 16.9 Å². The van der Waals surface area contributed by atoms with Crippen molar-refractivity contribution in [2.45, 2.75) is 25.4 Å². The zero-order chi connectivity index (χ0) is 20.1. The van der Waals surface area contributed by atoms with Gasteiger partial charge < -0.3 is 15.0 Å². The van der Waals surface area contributed by atoms with Crippen LogP contribution in [0.25, 0.3) is 0 Å². The van der Waals surface area contributed by atoms with Crippen LogP contribution in [0.4, 0.5) is 28.9 Å². The monoisotopic (exact) mass is 397 g/mol. The summed E-state index contributed by atoms with van der Waals surface area (Å²) in [7, 11) is 0. The number of nitrogens with zero attached hydrogens (tertiary/aromatic N) is 2. The summed E-state index contributed by atoms with van der Waals surface area (Å²) in [6.45, 7) is 0.177. The van der Waals surface area contributed by atoms with Crippen molar-refractivity contribution in [3.05, 3.63) is 47.9 Å². The first-order valence-corrected chi connectivity index (χ1v) is 8.83. The molecule has 0 unspecified atom stereocenters. The second kappa shape index (κ2) is 8.45. The minimum atomic E-state index is -4.47. The Kier molecular flexibility index (Phi) is 6.01. The highest BCUT2D eigenvalue weighted by atomic mass is 19.4. The Hall–Kier alpha value is -2.84. The van der Waals surface area contributed by atoms with E-state index in [1.165, 1.54) is 24.3 Å². The number of benzene rings is 1. The van der Waals surface area contributed by atoms with Gasteiger partial charge in [0.2, 0.25) is 5.88 Å². The molecule has 150 valence electrons. The van der Waals surface area contributed by atoms with Crippen molar-refractivity contribution in [3.63, 3.8) is 0 Å². The van der Waals surface area contributed by atoms with Gasteiger partial charge in [-0.2, -0.15) is 13.2 Å². The molecule has 0 aliphatic carbocycles. The molecule has 28 heavy (non-hydrogen) atoms. The molecule has 5 nitrogen and oxygen atoms in total. The molecule has 1 N–H and O–H groups in total. The molecule has 1 fully saturated rings. The maximum Gasteiger partial charge on any atom is 0.422 e. The highest BCUT2D eigenvalue weighted by Gasteiger charge is 2.28. The number of hydrogen-bond donors (Lipinski definition) is 1. The third-order valence-electron chi connectivity index (χ3n) is 4.29. The largest absolute Gasteiger partial charge is 0.468 e. The number of rotatable bonds is 5. The topological polar surface area (TPSA) is 54.5 Å². The third kappa shape index (κ3) is 5.34. The number of nitrogens with one attached hydrogen (secondary N) is 1. The molecule has 1 aliphatic rings. The number of carbonyl (C=O) groups excluding carboxylic acids is 1. The second-order valence-electron chi connectivity index (χ2n) is 6.45. The van der Waals surface area contributed by atoms with E-state index in [-0.39, 0.29) is 11.4 Å². The number of anilines is 2. The van der Waals surface area contributed by atoms with E-state index in [1.807, 2.05) is 0 Å². The molecule has 0 atom stereocenters. The lowest BCUT2D eigenvalue weighted by atomic mass is 10.1. The van der Waals surface area contributed by atoms with Crippen LogP contribution in [0.5, 0.6) is 5.88 Å². The van der Waals surface area contributed by atoms with Gasteiger partial charge in [-0.3, -0.25) is 4.79 Å². The number of piperidine rings is 1. The number of alkyl halides is 3. The summed E-state index contributed by atoms with van der Waals surface area (Å²) in [5, 5.41) is 2.66. The fourth-order valence-electron chi connectivity index (χ4n) is 2.97. The summed E-state index contributed by atoms with van der Waals surface area (Å²) in [5.41, 5.74) is 1.19. The van der Waals surface area contributed by atoms with Gasteiger partial charge in [-0.15, -0.1) is 0 Å². The molecule has 0 spiro atoms. The Labute approximate surface area is 159 Å². The van der Waals surface area contributed by atoms with Crippen molar-refractivity contribution in [2.75, 3.05) is 29.9 Å². The SMILES string of the molecule is O=C(Nc1cc(F)ccc1N1CCCCC1)c1ccc(OCC(F)(F)F)nc1. The first kappa shape index (κ1) is 19.9. The average Bonchev–Trinajstić information content (AvgIpc) is 2.67. The van der Waals surface area contributed by atoms with Crippen LogP contribution in [0.1, 0.15) is 29.6 Å². The van der Waals surface area contributed by atoms with Gasteiger partial charge in [-0.25, -0.2) is 9.37 Å². The van der Waals surface area contributed by atoms with Crippen LogP contribution in [0.2, 0.25) is 0 Å². The summed E-state index contributed by atoms with van der Waals surface area (Å²) in [6.07, 6.45) is -0.184. The molecule has 1 amide bonds. The normalized spacial score (nSPS) is 14.6. The van der Waals surface area contributed by atoms with E-state index in [1.54, 1.807) is 6.07 Å². The van der Waals surface area contributed by atoms with Crippen LogP contribution >= 0.6 is 0 Å². The van der Waals surface area contributed by atoms with Crippen molar-refractivity contribution in [1.82, 2.24) is 4.98 Å². The summed E-state index contributed by atoms with van der Waals surface area (Å²) in [4.78, 5) is 18.3. The van der Waals surface area contributed by atoms with Crippen LogP contribution in [0.3, 0.4) is 0 Å². The van der Waals surface area contributed by atoms with Crippen molar-refractivity contribution in [1.29, 1.82) is 0 Å². The standard InChI is InChI=1S/C19H19F4N3O2/c20-14-5-6-16(26-8-2-1-3-9-26)15(10-14)25-18(27)13-4-7-17(24-11-13)28-12-19(21,22)23/h4-7,10-11H,1-3,8-9,12H2,(H,25,27). The smallest absolute Gasteiger partial charge is 0.422 e. The van der Waals surface area contributed by atoms with Gasteiger partial charge in [0.1, 0.15) is 5.82 Å². The average molecular weight is 397 g/mol. The van der Waals surface area contributed by atoms with Crippen LogP contribution in [-0.4, -0.2) is 36.8 Å². The van der Waals surface area contributed by atoms with Gasteiger partial charge in [-0.05, 0) is 43.5 Å². The maximum atomic E-state index is 13.7. The molecule has 0 radical (unpaired) electrons. The molecular formula is C19H19F4N3O2. The maximum absolute atomic E-state index is 13.7. The minimum Gasteiger partial charge on any atom is -0.468 e. The predicted octanol–water partition coefficient (Wildman–Crippen LogP) is 4.40. The second-order valence-corrected chi connectivity index (χ2v) is 6.45. The lowest BCUT2D eigenvalue weighted by Crippen LogP contribution is -2.30. The number of aromatic nitrogens is 1. The van der Waals surface area contributed by atoms with E-state index >= 15 is 0 Å². The fourth-order valence-corrected chi connectivity index (χ4v) is 2.97. The molecule has 2 heterocycles. The minimum absolute atomic E-state index is 0.119. The number of carbonyl (C=O) groups is 1. The molecule has 2 aromatic rings. The zero-order valence-corrected chi connectivity index (χ0v) is 14.9. The van der Waals surface area contributed by atoms with E-state index in [2.05, 4.69) is 19.9 Å². The van der Waals surface area contributed by atoms with Gasteiger partial charge in [0.15, 0.2) is 6.61 Å². The highest BCUT2D eigenvalue weighted by Crippen LogP contribution is 2.30.